The summed E-state index contributed by atoms with van der Waals surface area (Å²) >= 11 is 0. The molecule has 7 nitrogen and oxygen atoms in total. The molecular weight excluding hydrogens is 443 g/mol. The van der Waals surface area contributed by atoms with Crippen molar-refractivity contribution < 1.29 is 42.5 Å². The molecule has 172 valence electrons. The van der Waals surface area contributed by atoms with Crippen LogP contribution in [-0.2, 0) is 20.8 Å². The summed E-state index contributed by atoms with van der Waals surface area (Å²) in [5.41, 5.74) is 1.56. The minimum Gasteiger partial charge on any atom is -0.478 e. The quantitative estimate of drug-likeness (QED) is 0.620. The number of rotatable bonds is 6. The van der Waals surface area contributed by atoms with Gasteiger partial charge in [-0.05, 0) is 53.5 Å². The second-order valence-corrected chi connectivity index (χ2v) is 7.17. The first kappa shape index (κ1) is 23.6. The lowest BCUT2D eigenvalue weighted by molar-refractivity contribution is -0.274. The molecule has 0 aliphatic carbocycles. The van der Waals surface area contributed by atoms with Crippen LogP contribution in [0.25, 0.3) is 23.3 Å². The van der Waals surface area contributed by atoms with Crippen molar-refractivity contribution in [2.75, 3.05) is 11.9 Å². The normalized spacial score (nSPS) is 14.1. The Hall–Kier alpha value is -4.08. The van der Waals surface area contributed by atoms with Gasteiger partial charge in [-0.25, -0.2) is 9.59 Å². The molecule has 0 bridgehead atoms. The van der Waals surface area contributed by atoms with E-state index in [1.54, 1.807) is 25.2 Å². The van der Waals surface area contributed by atoms with E-state index in [-0.39, 0.29) is 28.2 Å². The molecule has 0 aromatic heterocycles. The van der Waals surface area contributed by atoms with Crippen molar-refractivity contribution in [1.82, 2.24) is 0 Å². The maximum atomic E-state index is 13.2. The molecule has 0 spiro atoms. The van der Waals surface area contributed by atoms with E-state index in [0.717, 1.165) is 23.8 Å². The monoisotopic (exact) mass is 461 g/mol. The number of hydrogen-bond donors (Lipinski definition) is 2. The smallest absolute Gasteiger partial charge is 0.478 e. The van der Waals surface area contributed by atoms with Crippen LogP contribution in [0.15, 0.2) is 42.5 Å². The Labute approximate surface area is 186 Å². The second kappa shape index (κ2) is 9.19. The number of amides is 1. The summed E-state index contributed by atoms with van der Waals surface area (Å²) in [6.45, 7) is 0. The number of anilines is 1. The van der Waals surface area contributed by atoms with Crippen molar-refractivity contribution in [3.05, 3.63) is 59.2 Å². The van der Waals surface area contributed by atoms with E-state index in [1.807, 2.05) is 0 Å². The van der Waals surface area contributed by atoms with E-state index in [4.69, 9.17) is 10.2 Å². The fourth-order valence-corrected chi connectivity index (χ4v) is 3.47. The molecule has 33 heavy (non-hydrogen) atoms. The Bertz CT molecular complexity index is 1180. The van der Waals surface area contributed by atoms with Crippen LogP contribution >= 0.6 is 0 Å². The van der Waals surface area contributed by atoms with Gasteiger partial charge in [0.2, 0.25) is 5.91 Å². The van der Waals surface area contributed by atoms with Gasteiger partial charge in [-0.1, -0.05) is 12.1 Å². The van der Waals surface area contributed by atoms with Crippen LogP contribution in [0.3, 0.4) is 0 Å². The van der Waals surface area contributed by atoms with Crippen molar-refractivity contribution in [1.29, 1.82) is 0 Å². The van der Waals surface area contributed by atoms with Gasteiger partial charge in [-0.2, -0.15) is 0 Å². The van der Waals surface area contributed by atoms with Gasteiger partial charge in [0.25, 0.3) is 0 Å². The maximum absolute atomic E-state index is 13.2. The van der Waals surface area contributed by atoms with Gasteiger partial charge in [0.15, 0.2) is 0 Å². The first-order chi connectivity index (χ1) is 15.4. The Kier molecular flexibility index (Phi) is 6.57. The average Bonchev–Trinajstić information content (AvgIpc) is 2.73. The first-order valence-electron chi connectivity index (χ1n) is 9.60. The number of alkyl halides is 3. The Morgan fingerprint density at radius 1 is 1.03 bits per heavy atom. The Morgan fingerprint density at radius 2 is 1.70 bits per heavy atom. The van der Waals surface area contributed by atoms with E-state index in [1.165, 1.54) is 17.0 Å². The molecule has 0 unspecified atom stereocenters. The van der Waals surface area contributed by atoms with E-state index in [2.05, 4.69) is 4.74 Å². The molecule has 1 heterocycles. The summed E-state index contributed by atoms with van der Waals surface area (Å²) < 4.78 is 44.0. The third-order valence-electron chi connectivity index (χ3n) is 4.92. The van der Waals surface area contributed by atoms with E-state index < -0.39 is 24.1 Å². The van der Waals surface area contributed by atoms with Crippen LogP contribution in [0.5, 0.6) is 5.75 Å². The van der Waals surface area contributed by atoms with Crippen molar-refractivity contribution in [2.24, 2.45) is 0 Å². The van der Waals surface area contributed by atoms with Crippen LogP contribution < -0.4 is 9.64 Å². The summed E-state index contributed by atoms with van der Waals surface area (Å²) in [4.78, 5) is 35.4. The number of nitrogens with zero attached hydrogens (tertiary/aromatic N) is 1. The highest BCUT2D eigenvalue weighted by Crippen LogP contribution is 2.41. The molecule has 0 fully saturated rings. The highest BCUT2D eigenvalue weighted by atomic mass is 19.4. The van der Waals surface area contributed by atoms with Gasteiger partial charge in [0, 0.05) is 42.4 Å². The molecule has 2 aromatic carbocycles. The number of carbonyl (C=O) groups is 3. The van der Waals surface area contributed by atoms with Crippen molar-refractivity contribution in [3.8, 4) is 16.9 Å². The van der Waals surface area contributed by atoms with Crippen LogP contribution in [0.4, 0.5) is 18.9 Å². The van der Waals surface area contributed by atoms with Crippen molar-refractivity contribution in [2.45, 2.75) is 19.2 Å². The zero-order valence-corrected chi connectivity index (χ0v) is 17.2. The number of carboxylic acid groups (broad SMARTS) is 2. The number of aryl methyl sites for hydroxylation is 1. The second-order valence-electron chi connectivity index (χ2n) is 7.17. The molecule has 2 N–H and O–H groups in total. The highest BCUT2D eigenvalue weighted by Gasteiger charge is 2.34. The Morgan fingerprint density at radius 3 is 2.33 bits per heavy atom. The number of carboxylic acids is 2. The summed E-state index contributed by atoms with van der Waals surface area (Å²) in [5, 5.41) is 17.8. The number of fused-ring (bicyclic) bond motifs is 1. The fraction of sp³-hybridized carbons (Fsp3) is 0.174. The maximum Gasteiger partial charge on any atom is 0.573 e. The fourth-order valence-electron chi connectivity index (χ4n) is 3.47. The molecule has 1 aliphatic heterocycles. The van der Waals surface area contributed by atoms with Gasteiger partial charge in [-0.15, -0.1) is 13.2 Å². The molecule has 2 aromatic rings. The zero-order valence-electron chi connectivity index (χ0n) is 17.2. The van der Waals surface area contributed by atoms with Gasteiger partial charge >= 0.3 is 18.3 Å². The summed E-state index contributed by atoms with van der Waals surface area (Å²) in [6, 6.07) is 7.27. The predicted octanol–water partition coefficient (Wildman–Crippen LogP) is 4.36. The number of halogens is 3. The predicted molar refractivity (Wildman–Crippen MR) is 114 cm³/mol. The topological polar surface area (TPSA) is 104 Å². The molecule has 0 atom stereocenters. The lowest BCUT2D eigenvalue weighted by Crippen LogP contribution is -2.31. The van der Waals surface area contributed by atoms with Gasteiger partial charge < -0.3 is 19.8 Å². The molecule has 0 saturated carbocycles. The minimum absolute atomic E-state index is 0.0564. The molecule has 1 aliphatic rings. The molecule has 1 amide bonds. The largest absolute Gasteiger partial charge is 0.573 e. The first-order valence-corrected chi connectivity index (χ1v) is 9.60. The molecular formula is C23H18F3NO6. The van der Waals surface area contributed by atoms with Crippen molar-refractivity contribution in [3.63, 3.8) is 0 Å². The van der Waals surface area contributed by atoms with E-state index in [0.29, 0.717) is 24.6 Å². The third kappa shape index (κ3) is 5.79. The summed E-state index contributed by atoms with van der Waals surface area (Å²) in [5.74, 6) is -3.47. The molecule has 10 heteroatoms. The molecule has 0 radical (unpaired) electrons. The summed E-state index contributed by atoms with van der Waals surface area (Å²) in [6.07, 6.45) is -0.752. The van der Waals surface area contributed by atoms with E-state index in [9.17, 15) is 27.6 Å². The van der Waals surface area contributed by atoms with E-state index >= 15 is 0 Å². The van der Waals surface area contributed by atoms with Gasteiger partial charge in [-0.3, -0.25) is 4.79 Å². The SMILES string of the molecule is CN1C(=O)CCc2ccc(-c3cc(C=CC(=O)O)cc(C=CC(=O)O)c3OC(F)(F)F)cc21. The number of ether oxygens (including phenoxy) is 1. The summed E-state index contributed by atoms with van der Waals surface area (Å²) in [7, 11) is 1.56. The zero-order chi connectivity index (χ0) is 24.3. The van der Waals surface area contributed by atoms with Crippen LogP contribution in [0.1, 0.15) is 23.1 Å². The number of aliphatic carboxylic acids is 2. The Balaban J connectivity index is 2.28. The van der Waals surface area contributed by atoms with Crippen molar-refractivity contribution >= 4 is 35.7 Å². The third-order valence-corrected chi connectivity index (χ3v) is 4.92. The lowest BCUT2D eigenvalue weighted by atomic mass is 9.93. The van der Waals surface area contributed by atoms with Crippen LogP contribution in [-0.4, -0.2) is 41.5 Å². The standard InChI is InChI=1S/C23H18F3NO6/c1-27-18-12-15(4-3-14(18)5-7-19(27)28)17-11-13(2-8-20(29)30)10-16(6-9-21(31)32)22(17)33-23(24,25)26/h2-4,6,8-12H,5,7H2,1H3,(H,29,30)(H,31,32). The van der Waals surface area contributed by atoms with Gasteiger partial charge in [0.1, 0.15) is 5.75 Å². The van der Waals surface area contributed by atoms with Gasteiger partial charge in [0.05, 0.1) is 0 Å². The minimum atomic E-state index is -5.08. The van der Waals surface area contributed by atoms with Crippen LogP contribution in [0.2, 0.25) is 0 Å². The van der Waals surface area contributed by atoms with Crippen LogP contribution in [0, 0.1) is 0 Å². The number of hydrogen-bond acceptors (Lipinski definition) is 4. The molecule has 3 rings (SSSR count). The highest BCUT2D eigenvalue weighted by molar-refractivity contribution is 5.97. The lowest BCUT2D eigenvalue weighted by Gasteiger charge is -2.26. The molecule has 0 saturated heterocycles. The average molecular weight is 461 g/mol. The number of benzene rings is 2. The number of carbonyl (C=O) groups excluding carboxylic acids is 1.